The van der Waals surface area contributed by atoms with Gasteiger partial charge in [0.2, 0.25) is 0 Å². The molecule has 0 unspecified atom stereocenters. The monoisotopic (exact) mass is 630 g/mol. The Kier molecular flexibility index (Phi) is 5.23. The second kappa shape index (κ2) is 9.67. The van der Waals surface area contributed by atoms with E-state index in [4.69, 9.17) is 4.98 Å². The third-order valence-electron chi connectivity index (χ3n) is 9.88. The van der Waals surface area contributed by atoms with E-state index in [-0.39, 0.29) is 0 Å². The SMILES string of the molecule is c1ccc(-n2c3ccccc3c3c4ccccc4n(-c4ccc5sc6ncc(-n7c8ccccc8c8ccccc87)cc6c5c4)c32)cc1. The molecular weight excluding hydrogens is 605 g/mol. The average molecular weight is 631 g/mol. The Bertz CT molecular complexity index is 3010. The molecule has 5 aromatic heterocycles. The molecule has 0 aliphatic carbocycles. The average Bonchev–Trinajstić information content (AvgIpc) is 3.87. The van der Waals surface area contributed by atoms with Gasteiger partial charge in [0.05, 0.1) is 34.0 Å². The zero-order chi connectivity index (χ0) is 31.3. The zero-order valence-corrected chi connectivity index (χ0v) is 26.5. The Morgan fingerprint density at radius 1 is 0.396 bits per heavy atom. The summed E-state index contributed by atoms with van der Waals surface area (Å²) in [6.45, 7) is 0. The molecule has 0 radical (unpaired) electrons. The Balaban J connectivity index is 1.21. The largest absolute Gasteiger partial charge is 0.308 e. The molecule has 5 heterocycles. The number of hydrogen-bond acceptors (Lipinski definition) is 2. The molecule has 0 amide bonds. The van der Waals surface area contributed by atoms with Gasteiger partial charge in [0.25, 0.3) is 0 Å². The number of para-hydroxylation sites is 5. The molecule has 0 N–H and O–H groups in total. The molecule has 11 aromatic rings. The Morgan fingerprint density at radius 2 is 0.917 bits per heavy atom. The topological polar surface area (TPSA) is 27.7 Å². The third-order valence-corrected chi connectivity index (χ3v) is 11.0. The lowest BCUT2D eigenvalue weighted by Gasteiger charge is -2.13. The summed E-state index contributed by atoms with van der Waals surface area (Å²) in [6, 6.07) is 54.8. The van der Waals surface area contributed by atoms with E-state index < -0.39 is 0 Å². The summed E-state index contributed by atoms with van der Waals surface area (Å²) in [5, 5.41) is 8.68. The molecule has 5 heteroatoms. The summed E-state index contributed by atoms with van der Waals surface area (Å²) in [4.78, 5) is 6.10. The number of rotatable bonds is 3. The predicted octanol–water partition coefficient (Wildman–Crippen LogP) is 11.6. The maximum absolute atomic E-state index is 5.05. The van der Waals surface area contributed by atoms with Crippen molar-refractivity contribution in [1.29, 1.82) is 0 Å². The summed E-state index contributed by atoms with van der Waals surface area (Å²) in [5.41, 5.74) is 9.31. The predicted molar refractivity (Wildman–Crippen MR) is 203 cm³/mol. The van der Waals surface area contributed by atoms with Crippen LogP contribution in [0.5, 0.6) is 0 Å². The maximum Gasteiger partial charge on any atom is 0.131 e. The van der Waals surface area contributed by atoms with Crippen molar-refractivity contribution in [3.05, 3.63) is 158 Å². The number of thiophene rings is 1. The quantitative estimate of drug-likeness (QED) is 0.191. The number of benzene rings is 6. The minimum Gasteiger partial charge on any atom is -0.308 e. The van der Waals surface area contributed by atoms with E-state index in [1.165, 1.54) is 70.1 Å². The highest BCUT2D eigenvalue weighted by molar-refractivity contribution is 7.25. The molecule has 48 heavy (non-hydrogen) atoms. The minimum atomic E-state index is 1.05. The summed E-state index contributed by atoms with van der Waals surface area (Å²) < 4.78 is 8.45. The fourth-order valence-electron chi connectivity index (χ4n) is 7.90. The van der Waals surface area contributed by atoms with Gasteiger partial charge in [-0.05, 0) is 60.7 Å². The summed E-state index contributed by atoms with van der Waals surface area (Å²) in [7, 11) is 0. The summed E-state index contributed by atoms with van der Waals surface area (Å²) >= 11 is 1.76. The highest BCUT2D eigenvalue weighted by atomic mass is 32.1. The molecule has 0 bridgehead atoms. The number of hydrogen-bond donors (Lipinski definition) is 0. The Labute approximate surface area is 278 Å². The first kappa shape index (κ1) is 26.0. The van der Waals surface area contributed by atoms with Crippen molar-refractivity contribution in [2.24, 2.45) is 0 Å². The van der Waals surface area contributed by atoms with Crippen LogP contribution in [0, 0.1) is 0 Å². The third kappa shape index (κ3) is 3.46. The molecule has 0 atom stereocenters. The fraction of sp³-hybridized carbons (Fsp3) is 0. The van der Waals surface area contributed by atoms with Crippen molar-refractivity contribution in [1.82, 2.24) is 18.7 Å². The molecule has 11 rings (SSSR count). The summed E-state index contributed by atoms with van der Waals surface area (Å²) in [6.07, 6.45) is 2.03. The standard InChI is InChI=1S/C43H26N4S/c1-2-12-27(13-3-1)46-38-20-10-6-16-32(38)41-33-17-7-11-21-39(33)47(43(41)46)28-22-23-40-34(24-28)35-25-29(26-44-42(35)48-40)45-36-18-8-4-14-30(36)31-15-5-9-19-37(31)45/h1-26H. The molecule has 0 saturated carbocycles. The van der Waals surface area contributed by atoms with E-state index >= 15 is 0 Å². The van der Waals surface area contributed by atoms with Crippen molar-refractivity contribution >= 4 is 86.3 Å². The Morgan fingerprint density at radius 3 is 1.56 bits per heavy atom. The van der Waals surface area contributed by atoms with Crippen molar-refractivity contribution in [3.8, 4) is 17.1 Å². The van der Waals surface area contributed by atoms with E-state index in [1.54, 1.807) is 11.3 Å². The van der Waals surface area contributed by atoms with Crippen LogP contribution >= 0.6 is 11.3 Å². The van der Waals surface area contributed by atoms with Crippen molar-refractivity contribution in [2.45, 2.75) is 0 Å². The lowest BCUT2D eigenvalue weighted by molar-refractivity contribution is 1.07. The highest BCUT2D eigenvalue weighted by Gasteiger charge is 2.22. The van der Waals surface area contributed by atoms with E-state index in [9.17, 15) is 0 Å². The van der Waals surface area contributed by atoms with Gasteiger partial charge in [-0.15, -0.1) is 11.3 Å². The maximum atomic E-state index is 5.05. The first-order valence-corrected chi connectivity index (χ1v) is 17.0. The fourth-order valence-corrected chi connectivity index (χ4v) is 8.90. The molecule has 4 nitrogen and oxygen atoms in total. The van der Waals surface area contributed by atoms with Gasteiger partial charge < -0.3 is 4.57 Å². The molecule has 0 saturated heterocycles. The van der Waals surface area contributed by atoms with E-state index in [1.807, 2.05) is 6.20 Å². The lowest BCUT2D eigenvalue weighted by Crippen LogP contribution is -2.01. The molecular formula is C43H26N4S. The van der Waals surface area contributed by atoms with Crippen LogP contribution in [0.15, 0.2) is 158 Å². The van der Waals surface area contributed by atoms with Crippen LogP contribution in [0.25, 0.3) is 92.0 Å². The normalized spacial score (nSPS) is 12.2. The van der Waals surface area contributed by atoms with Gasteiger partial charge in [0.1, 0.15) is 10.5 Å². The van der Waals surface area contributed by atoms with Crippen LogP contribution in [-0.2, 0) is 0 Å². The van der Waals surface area contributed by atoms with Gasteiger partial charge in [-0.2, -0.15) is 0 Å². The molecule has 0 spiro atoms. The van der Waals surface area contributed by atoms with Gasteiger partial charge >= 0.3 is 0 Å². The van der Waals surface area contributed by atoms with Crippen molar-refractivity contribution in [3.63, 3.8) is 0 Å². The van der Waals surface area contributed by atoms with Crippen LogP contribution < -0.4 is 0 Å². The second-order valence-corrected chi connectivity index (χ2v) is 13.5. The Hall–Kier alpha value is -6.17. The smallest absolute Gasteiger partial charge is 0.131 e. The van der Waals surface area contributed by atoms with Gasteiger partial charge in [-0.3, -0.25) is 9.13 Å². The molecule has 0 aliphatic heterocycles. The van der Waals surface area contributed by atoms with Crippen molar-refractivity contribution in [2.75, 3.05) is 0 Å². The van der Waals surface area contributed by atoms with Gasteiger partial charge in [0, 0.05) is 53.8 Å². The summed E-state index contributed by atoms with van der Waals surface area (Å²) in [5.74, 6) is 0. The highest BCUT2D eigenvalue weighted by Crippen LogP contribution is 2.42. The van der Waals surface area contributed by atoms with Gasteiger partial charge in [-0.1, -0.05) is 91.0 Å². The van der Waals surface area contributed by atoms with E-state index in [2.05, 4.69) is 165 Å². The number of nitrogens with zero attached hydrogens (tertiary/aromatic N) is 4. The second-order valence-electron chi connectivity index (χ2n) is 12.4. The van der Waals surface area contributed by atoms with E-state index in [0.29, 0.717) is 0 Å². The zero-order valence-electron chi connectivity index (χ0n) is 25.7. The van der Waals surface area contributed by atoms with Crippen LogP contribution in [0.4, 0.5) is 0 Å². The van der Waals surface area contributed by atoms with Crippen LogP contribution in [0.1, 0.15) is 0 Å². The molecule has 224 valence electrons. The number of aromatic nitrogens is 4. The van der Waals surface area contributed by atoms with Gasteiger partial charge in [-0.25, -0.2) is 4.98 Å². The number of pyridine rings is 1. The van der Waals surface area contributed by atoms with Gasteiger partial charge in [0.15, 0.2) is 0 Å². The molecule has 0 fully saturated rings. The first-order chi connectivity index (χ1) is 23.8. The van der Waals surface area contributed by atoms with Crippen LogP contribution in [0.3, 0.4) is 0 Å². The first-order valence-electron chi connectivity index (χ1n) is 16.2. The van der Waals surface area contributed by atoms with Crippen molar-refractivity contribution < 1.29 is 0 Å². The molecule has 6 aromatic carbocycles. The molecule has 0 aliphatic rings. The van der Waals surface area contributed by atoms with Crippen LogP contribution in [0.2, 0.25) is 0 Å². The minimum absolute atomic E-state index is 1.05. The van der Waals surface area contributed by atoms with Crippen LogP contribution in [-0.4, -0.2) is 18.7 Å². The number of fused-ring (bicyclic) bond motifs is 11. The lowest BCUT2D eigenvalue weighted by atomic mass is 10.1. The van der Waals surface area contributed by atoms with E-state index in [0.717, 1.165) is 21.9 Å².